The molecule has 0 fully saturated rings. The molecule has 6 nitrogen and oxygen atoms in total. The zero-order valence-electron chi connectivity index (χ0n) is 14.9. The van der Waals surface area contributed by atoms with Gasteiger partial charge in [0.1, 0.15) is 23.9 Å². The summed E-state index contributed by atoms with van der Waals surface area (Å²) in [6.07, 6.45) is 5.68. The second kappa shape index (κ2) is 9.38. The molecule has 2 aromatic heterocycles. The molecule has 0 aliphatic carbocycles. The first-order valence-electron chi connectivity index (χ1n) is 8.45. The molecule has 0 saturated heterocycles. The predicted molar refractivity (Wildman–Crippen MR) is 101 cm³/mol. The highest BCUT2D eigenvalue weighted by Gasteiger charge is 2.17. The lowest BCUT2D eigenvalue weighted by molar-refractivity contribution is 0.0911. The first kappa shape index (κ1) is 19.2. The number of amides is 1. The third-order valence-corrected chi connectivity index (χ3v) is 4.46. The minimum Gasteiger partial charge on any atom is -0.467 e. The molecule has 27 heavy (non-hydrogen) atoms. The van der Waals surface area contributed by atoms with Gasteiger partial charge >= 0.3 is 0 Å². The maximum absolute atomic E-state index is 13.2. The van der Waals surface area contributed by atoms with Crippen LogP contribution in [0.2, 0.25) is 0 Å². The maximum Gasteiger partial charge on any atom is 0.269 e. The van der Waals surface area contributed by atoms with Crippen LogP contribution in [0.15, 0.2) is 58.4 Å². The standard InChI is InChI=1S/C19H20FN3O3S/c1-27-19-22-12-17(23(19)15-7-5-14(20)6-8-15)18(24)21-9-3-10-25-13-16-4-2-11-26-16/h2,4-8,11-12H,3,9-10,13H2,1H3,(H,21,24). The molecule has 1 aromatic carbocycles. The van der Waals surface area contributed by atoms with Crippen molar-refractivity contribution in [1.29, 1.82) is 0 Å². The highest BCUT2D eigenvalue weighted by molar-refractivity contribution is 7.98. The Kier molecular flexibility index (Phi) is 6.67. The number of rotatable bonds is 9. The van der Waals surface area contributed by atoms with Crippen LogP contribution in [0.5, 0.6) is 0 Å². The number of furan rings is 1. The van der Waals surface area contributed by atoms with Crippen LogP contribution in [-0.2, 0) is 11.3 Å². The molecule has 3 rings (SSSR count). The van der Waals surface area contributed by atoms with Gasteiger partial charge in [0.25, 0.3) is 5.91 Å². The zero-order valence-corrected chi connectivity index (χ0v) is 15.7. The van der Waals surface area contributed by atoms with Crippen molar-refractivity contribution in [3.05, 3.63) is 66.1 Å². The van der Waals surface area contributed by atoms with Crippen LogP contribution in [-0.4, -0.2) is 34.9 Å². The van der Waals surface area contributed by atoms with Crippen molar-refractivity contribution < 1.29 is 18.3 Å². The van der Waals surface area contributed by atoms with Crippen LogP contribution < -0.4 is 5.32 Å². The fraction of sp³-hybridized carbons (Fsp3) is 0.263. The molecule has 1 N–H and O–H groups in total. The fourth-order valence-corrected chi connectivity index (χ4v) is 3.06. The number of thioether (sulfide) groups is 1. The molecule has 0 spiro atoms. The summed E-state index contributed by atoms with van der Waals surface area (Å²) in [7, 11) is 0. The number of nitrogens with one attached hydrogen (secondary N) is 1. The van der Waals surface area contributed by atoms with Crippen LogP contribution >= 0.6 is 11.8 Å². The summed E-state index contributed by atoms with van der Waals surface area (Å²) >= 11 is 1.42. The molecule has 0 radical (unpaired) electrons. The van der Waals surface area contributed by atoms with Gasteiger partial charge in [-0.05, 0) is 49.1 Å². The van der Waals surface area contributed by atoms with Crippen molar-refractivity contribution >= 4 is 17.7 Å². The van der Waals surface area contributed by atoms with Gasteiger partial charge in [-0.25, -0.2) is 9.37 Å². The number of aromatic nitrogens is 2. The molecule has 2 heterocycles. The SMILES string of the molecule is CSc1ncc(C(=O)NCCCOCc2ccco2)n1-c1ccc(F)cc1. The Bertz CT molecular complexity index is 863. The van der Waals surface area contributed by atoms with Gasteiger partial charge in [-0.1, -0.05) is 11.8 Å². The molecule has 0 aliphatic heterocycles. The van der Waals surface area contributed by atoms with E-state index < -0.39 is 0 Å². The number of benzene rings is 1. The molecule has 0 bridgehead atoms. The van der Waals surface area contributed by atoms with Crippen LogP contribution in [0.1, 0.15) is 22.7 Å². The molecular weight excluding hydrogens is 369 g/mol. The number of ether oxygens (including phenoxy) is 1. The molecule has 1 amide bonds. The van der Waals surface area contributed by atoms with E-state index in [9.17, 15) is 9.18 Å². The number of hydrogen-bond donors (Lipinski definition) is 1. The lowest BCUT2D eigenvalue weighted by Crippen LogP contribution is -2.27. The van der Waals surface area contributed by atoms with E-state index in [4.69, 9.17) is 9.15 Å². The second-order valence-corrected chi connectivity index (χ2v) is 6.46. The lowest BCUT2D eigenvalue weighted by atomic mass is 10.3. The smallest absolute Gasteiger partial charge is 0.269 e. The third kappa shape index (κ3) is 4.99. The Morgan fingerprint density at radius 3 is 2.85 bits per heavy atom. The summed E-state index contributed by atoms with van der Waals surface area (Å²) in [6.45, 7) is 1.39. The highest BCUT2D eigenvalue weighted by Crippen LogP contribution is 2.22. The van der Waals surface area contributed by atoms with E-state index in [1.54, 1.807) is 23.0 Å². The summed E-state index contributed by atoms with van der Waals surface area (Å²) in [4.78, 5) is 16.8. The van der Waals surface area contributed by atoms with Gasteiger partial charge in [0.2, 0.25) is 0 Å². The van der Waals surface area contributed by atoms with Gasteiger partial charge in [-0.3, -0.25) is 9.36 Å². The van der Waals surface area contributed by atoms with Crippen molar-refractivity contribution in [1.82, 2.24) is 14.9 Å². The third-order valence-electron chi connectivity index (χ3n) is 3.80. The number of nitrogens with zero attached hydrogens (tertiary/aromatic N) is 2. The van der Waals surface area contributed by atoms with Crippen LogP contribution in [0.3, 0.4) is 0 Å². The number of hydrogen-bond acceptors (Lipinski definition) is 5. The average molecular weight is 389 g/mol. The second-order valence-electron chi connectivity index (χ2n) is 5.68. The van der Waals surface area contributed by atoms with E-state index in [0.29, 0.717) is 42.7 Å². The summed E-state index contributed by atoms with van der Waals surface area (Å²) in [5, 5.41) is 3.53. The van der Waals surface area contributed by atoms with Crippen molar-refractivity contribution in [3.8, 4) is 5.69 Å². The fourth-order valence-electron chi connectivity index (χ4n) is 2.51. The number of carbonyl (C=O) groups is 1. The zero-order chi connectivity index (χ0) is 19.1. The van der Waals surface area contributed by atoms with Gasteiger partial charge in [-0.15, -0.1) is 0 Å². The first-order chi connectivity index (χ1) is 13.2. The topological polar surface area (TPSA) is 69.3 Å². The Hall–Kier alpha value is -2.58. The summed E-state index contributed by atoms with van der Waals surface area (Å²) < 4.78 is 25.6. The summed E-state index contributed by atoms with van der Waals surface area (Å²) in [5.41, 5.74) is 1.09. The lowest BCUT2D eigenvalue weighted by Gasteiger charge is -2.11. The van der Waals surface area contributed by atoms with E-state index >= 15 is 0 Å². The Morgan fingerprint density at radius 2 is 2.15 bits per heavy atom. The van der Waals surface area contributed by atoms with Crippen molar-refractivity contribution in [3.63, 3.8) is 0 Å². The average Bonchev–Trinajstić information content (AvgIpc) is 3.34. The maximum atomic E-state index is 13.2. The molecule has 0 unspecified atom stereocenters. The molecule has 0 atom stereocenters. The van der Waals surface area contributed by atoms with E-state index in [0.717, 1.165) is 5.76 Å². The van der Waals surface area contributed by atoms with Gasteiger partial charge in [0.15, 0.2) is 5.16 Å². The number of halogens is 1. The van der Waals surface area contributed by atoms with Crippen molar-refractivity contribution in [2.24, 2.45) is 0 Å². The normalized spacial score (nSPS) is 10.9. The van der Waals surface area contributed by atoms with Gasteiger partial charge in [-0.2, -0.15) is 0 Å². The largest absolute Gasteiger partial charge is 0.467 e. The van der Waals surface area contributed by atoms with Gasteiger partial charge in [0.05, 0.1) is 12.5 Å². The predicted octanol–water partition coefficient (Wildman–Crippen LogP) is 3.66. The molecule has 3 aromatic rings. The van der Waals surface area contributed by atoms with E-state index in [1.165, 1.54) is 30.1 Å². The van der Waals surface area contributed by atoms with Crippen molar-refractivity contribution in [2.45, 2.75) is 18.2 Å². The molecular formula is C19H20FN3O3S. The van der Waals surface area contributed by atoms with E-state index in [2.05, 4.69) is 10.3 Å². The first-order valence-corrected chi connectivity index (χ1v) is 9.67. The van der Waals surface area contributed by atoms with Crippen LogP contribution in [0.25, 0.3) is 5.69 Å². The Morgan fingerprint density at radius 1 is 1.33 bits per heavy atom. The Balaban J connectivity index is 1.55. The minimum absolute atomic E-state index is 0.238. The highest BCUT2D eigenvalue weighted by atomic mass is 32.2. The minimum atomic E-state index is -0.329. The van der Waals surface area contributed by atoms with Crippen LogP contribution in [0.4, 0.5) is 4.39 Å². The van der Waals surface area contributed by atoms with Gasteiger partial charge < -0.3 is 14.5 Å². The molecule has 0 saturated carbocycles. The van der Waals surface area contributed by atoms with E-state index in [-0.39, 0.29) is 11.7 Å². The molecule has 142 valence electrons. The molecule has 8 heteroatoms. The number of carbonyl (C=O) groups excluding carboxylic acids is 1. The van der Waals surface area contributed by atoms with Gasteiger partial charge in [0, 0.05) is 18.8 Å². The van der Waals surface area contributed by atoms with Crippen LogP contribution in [0, 0.1) is 5.82 Å². The number of imidazole rings is 1. The molecule has 0 aliphatic rings. The Labute approximate surface area is 160 Å². The van der Waals surface area contributed by atoms with Crippen molar-refractivity contribution in [2.75, 3.05) is 19.4 Å². The quantitative estimate of drug-likeness (QED) is 0.447. The van der Waals surface area contributed by atoms with E-state index in [1.807, 2.05) is 18.4 Å². The summed E-state index contributed by atoms with van der Waals surface area (Å²) in [6, 6.07) is 9.62. The monoisotopic (exact) mass is 389 g/mol. The summed E-state index contributed by atoms with van der Waals surface area (Å²) in [5.74, 6) is 0.204.